The number of hydrogen-bond acceptors (Lipinski definition) is 4. The van der Waals surface area contributed by atoms with Crippen molar-refractivity contribution in [3.8, 4) is 0 Å². The monoisotopic (exact) mass is 312 g/mol. The molecular weight excluding hydrogens is 296 g/mol. The van der Waals surface area contributed by atoms with E-state index in [-0.39, 0.29) is 16.4 Å². The van der Waals surface area contributed by atoms with Crippen molar-refractivity contribution < 1.29 is 14.8 Å². The van der Waals surface area contributed by atoms with Crippen molar-refractivity contribution in [1.29, 1.82) is 0 Å². The summed E-state index contributed by atoms with van der Waals surface area (Å²) in [5.41, 5.74) is -1.16. The van der Waals surface area contributed by atoms with Gasteiger partial charge in [0.25, 0.3) is 5.69 Å². The minimum atomic E-state index is -1.15. The molecule has 1 aromatic rings. The molecule has 2 rings (SSSR count). The molecule has 6 nitrogen and oxygen atoms in total. The summed E-state index contributed by atoms with van der Waals surface area (Å²) < 4.78 is 0. The highest BCUT2D eigenvalue weighted by atomic mass is 35.5. The van der Waals surface area contributed by atoms with E-state index in [2.05, 4.69) is 12.2 Å². The van der Waals surface area contributed by atoms with Gasteiger partial charge in [-0.2, -0.15) is 0 Å². The number of hydrogen-bond donors (Lipinski definition) is 2. The number of halogens is 1. The highest BCUT2D eigenvalue weighted by Gasteiger charge is 2.42. The molecule has 0 atom stereocenters. The molecule has 1 aliphatic rings. The van der Waals surface area contributed by atoms with E-state index in [9.17, 15) is 20.0 Å². The lowest BCUT2D eigenvalue weighted by Gasteiger charge is -2.37. The molecule has 0 unspecified atom stereocenters. The van der Waals surface area contributed by atoms with Gasteiger partial charge in [0.1, 0.15) is 11.2 Å². The Morgan fingerprint density at radius 1 is 1.48 bits per heavy atom. The van der Waals surface area contributed by atoms with E-state index in [1.807, 2.05) is 0 Å². The number of nitro groups is 1. The van der Waals surface area contributed by atoms with Crippen molar-refractivity contribution in [1.82, 2.24) is 0 Å². The zero-order valence-electron chi connectivity index (χ0n) is 11.6. The van der Waals surface area contributed by atoms with Crippen LogP contribution in [0, 0.1) is 16.0 Å². The third-order valence-electron chi connectivity index (χ3n) is 4.07. The minimum absolute atomic E-state index is 0.196. The van der Waals surface area contributed by atoms with Gasteiger partial charge in [0.2, 0.25) is 0 Å². The van der Waals surface area contributed by atoms with E-state index in [1.165, 1.54) is 18.2 Å². The van der Waals surface area contributed by atoms with Gasteiger partial charge < -0.3 is 10.4 Å². The number of rotatable bonds is 4. The highest BCUT2D eigenvalue weighted by Crippen LogP contribution is 2.38. The van der Waals surface area contributed by atoms with E-state index in [4.69, 9.17) is 11.6 Å². The van der Waals surface area contributed by atoms with Gasteiger partial charge in [-0.25, -0.2) is 4.79 Å². The quantitative estimate of drug-likeness (QED) is 0.653. The molecule has 0 heterocycles. The van der Waals surface area contributed by atoms with Gasteiger partial charge in [-0.1, -0.05) is 18.5 Å². The van der Waals surface area contributed by atoms with Crippen LogP contribution in [0.1, 0.15) is 32.6 Å². The fourth-order valence-corrected chi connectivity index (χ4v) is 2.83. The fraction of sp³-hybridized carbons (Fsp3) is 0.500. The summed E-state index contributed by atoms with van der Waals surface area (Å²) in [5.74, 6) is -0.502. The molecule has 1 fully saturated rings. The molecule has 0 radical (unpaired) electrons. The predicted molar refractivity (Wildman–Crippen MR) is 79.7 cm³/mol. The van der Waals surface area contributed by atoms with Crippen molar-refractivity contribution >= 4 is 28.9 Å². The van der Waals surface area contributed by atoms with Crippen LogP contribution in [0.15, 0.2) is 18.2 Å². The summed E-state index contributed by atoms with van der Waals surface area (Å²) in [7, 11) is 0. The normalized spacial score (nSPS) is 25.3. The highest BCUT2D eigenvalue weighted by molar-refractivity contribution is 6.30. The zero-order chi connectivity index (χ0) is 15.6. The first-order chi connectivity index (χ1) is 9.84. The van der Waals surface area contributed by atoms with Crippen LogP contribution in [0.3, 0.4) is 0 Å². The van der Waals surface area contributed by atoms with Crippen molar-refractivity contribution in [3.63, 3.8) is 0 Å². The van der Waals surface area contributed by atoms with E-state index < -0.39 is 16.4 Å². The number of carboxylic acid groups (broad SMARTS) is 1. The molecule has 7 heteroatoms. The predicted octanol–water partition coefficient (Wildman–Crippen LogP) is 3.69. The topological polar surface area (TPSA) is 92.5 Å². The van der Waals surface area contributed by atoms with Gasteiger partial charge in [-0.3, -0.25) is 10.1 Å². The molecule has 0 amide bonds. The number of nitro benzene ring substituents is 1. The Balaban J connectivity index is 2.34. The second kappa shape index (κ2) is 5.89. The number of carbonyl (C=O) groups is 1. The van der Waals surface area contributed by atoms with Gasteiger partial charge in [0.05, 0.1) is 4.92 Å². The van der Waals surface area contributed by atoms with E-state index in [1.54, 1.807) is 0 Å². The number of benzene rings is 1. The summed E-state index contributed by atoms with van der Waals surface area (Å²) >= 11 is 5.77. The Morgan fingerprint density at radius 2 is 2.10 bits per heavy atom. The standard InChI is InChI=1S/C14H17ClN2O4/c1-9-4-6-14(7-5-9,13(18)19)16-11-3-2-10(15)8-12(11)17(20)21/h2-3,8-9,16H,4-7H2,1H3,(H,18,19). The van der Waals surface area contributed by atoms with Crippen LogP contribution in [-0.4, -0.2) is 21.5 Å². The Kier molecular flexibility index (Phi) is 4.37. The van der Waals surface area contributed by atoms with Crippen LogP contribution in [0.2, 0.25) is 5.02 Å². The molecule has 0 saturated heterocycles. The van der Waals surface area contributed by atoms with Crippen molar-refractivity contribution in [2.24, 2.45) is 5.92 Å². The molecule has 21 heavy (non-hydrogen) atoms. The van der Waals surface area contributed by atoms with Crippen LogP contribution in [0.4, 0.5) is 11.4 Å². The molecule has 1 aromatic carbocycles. The van der Waals surface area contributed by atoms with Crippen LogP contribution >= 0.6 is 11.6 Å². The molecule has 1 aliphatic carbocycles. The van der Waals surface area contributed by atoms with E-state index >= 15 is 0 Å². The Hall–Kier alpha value is -1.82. The molecule has 0 aromatic heterocycles. The molecule has 114 valence electrons. The lowest BCUT2D eigenvalue weighted by atomic mass is 9.77. The van der Waals surface area contributed by atoms with E-state index in [0.717, 1.165) is 12.8 Å². The summed E-state index contributed by atoms with van der Waals surface area (Å²) in [6, 6.07) is 4.20. The van der Waals surface area contributed by atoms with Gasteiger partial charge in [-0.15, -0.1) is 0 Å². The largest absolute Gasteiger partial charge is 0.480 e. The molecule has 2 N–H and O–H groups in total. The maximum atomic E-state index is 11.7. The smallest absolute Gasteiger partial charge is 0.329 e. The van der Waals surface area contributed by atoms with Crippen molar-refractivity contribution in [3.05, 3.63) is 33.3 Å². The van der Waals surface area contributed by atoms with Crippen molar-refractivity contribution in [2.45, 2.75) is 38.1 Å². The van der Waals surface area contributed by atoms with Crippen LogP contribution in [0.5, 0.6) is 0 Å². The summed E-state index contributed by atoms with van der Waals surface area (Å²) in [5, 5.41) is 23.8. The maximum Gasteiger partial charge on any atom is 0.329 e. The summed E-state index contributed by atoms with van der Waals surface area (Å²) in [6.45, 7) is 2.08. The van der Waals surface area contributed by atoms with Crippen molar-refractivity contribution in [2.75, 3.05) is 5.32 Å². The maximum absolute atomic E-state index is 11.7. The Morgan fingerprint density at radius 3 is 2.62 bits per heavy atom. The van der Waals surface area contributed by atoms with Gasteiger partial charge >= 0.3 is 5.97 Å². The van der Waals surface area contributed by atoms with Crippen LogP contribution in [-0.2, 0) is 4.79 Å². The third-order valence-corrected chi connectivity index (χ3v) is 4.30. The zero-order valence-corrected chi connectivity index (χ0v) is 12.4. The number of anilines is 1. The number of aliphatic carboxylic acids is 1. The first-order valence-electron chi connectivity index (χ1n) is 6.79. The Bertz CT molecular complexity index is 568. The number of carboxylic acids is 1. The molecule has 0 bridgehead atoms. The molecule has 0 spiro atoms. The molecular formula is C14H17ClN2O4. The number of nitrogens with one attached hydrogen (secondary N) is 1. The first-order valence-corrected chi connectivity index (χ1v) is 7.17. The van der Waals surface area contributed by atoms with Gasteiger partial charge in [0.15, 0.2) is 0 Å². The van der Waals surface area contributed by atoms with E-state index in [0.29, 0.717) is 18.8 Å². The third kappa shape index (κ3) is 3.26. The lowest BCUT2D eigenvalue weighted by Crippen LogP contribution is -2.49. The summed E-state index contributed by atoms with van der Waals surface area (Å²) in [6.07, 6.45) is 2.45. The average molecular weight is 313 g/mol. The SMILES string of the molecule is CC1CCC(Nc2ccc(Cl)cc2[N+](=O)[O-])(C(=O)O)CC1. The fourth-order valence-electron chi connectivity index (χ4n) is 2.67. The summed E-state index contributed by atoms with van der Waals surface area (Å²) in [4.78, 5) is 22.2. The van der Waals surface area contributed by atoms with Gasteiger partial charge in [-0.05, 0) is 43.7 Å². The second-order valence-electron chi connectivity index (χ2n) is 5.61. The number of nitrogens with zero attached hydrogens (tertiary/aromatic N) is 1. The average Bonchev–Trinajstić information content (AvgIpc) is 2.43. The first kappa shape index (κ1) is 15.6. The second-order valence-corrected chi connectivity index (χ2v) is 6.05. The lowest BCUT2D eigenvalue weighted by molar-refractivity contribution is -0.384. The van der Waals surface area contributed by atoms with Gasteiger partial charge in [0, 0.05) is 11.1 Å². The van der Waals surface area contributed by atoms with Crippen LogP contribution in [0.25, 0.3) is 0 Å². The molecule has 1 saturated carbocycles. The molecule has 0 aliphatic heterocycles. The minimum Gasteiger partial charge on any atom is -0.480 e. The van der Waals surface area contributed by atoms with Crippen LogP contribution < -0.4 is 5.32 Å². The Labute approximate surface area is 127 Å².